The molecule has 19 heavy (non-hydrogen) atoms. The Morgan fingerprint density at radius 1 is 1.16 bits per heavy atom. The van der Waals surface area contributed by atoms with Gasteiger partial charge in [0.1, 0.15) is 11.6 Å². The lowest BCUT2D eigenvalue weighted by molar-refractivity contribution is 0.472. The molecule has 3 aromatic rings. The van der Waals surface area contributed by atoms with Crippen LogP contribution < -0.4 is 0 Å². The largest absolute Gasteiger partial charge is 0.507 e. The second-order valence-corrected chi connectivity index (χ2v) is 4.98. The first-order valence-electron chi connectivity index (χ1n) is 5.99. The molecule has 0 amide bonds. The van der Waals surface area contributed by atoms with E-state index in [9.17, 15) is 5.11 Å². The predicted molar refractivity (Wildman–Crippen MR) is 77.6 cm³/mol. The summed E-state index contributed by atoms with van der Waals surface area (Å²) >= 11 is 6.21. The van der Waals surface area contributed by atoms with E-state index in [1.165, 1.54) is 0 Å². The molecule has 1 heterocycles. The van der Waals surface area contributed by atoms with E-state index in [4.69, 9.17) is 11.6 Å². The molecule has 1 aromatic heterocycles. The molecule has 0 radical (unpaired) electrons. The highest BCUT2D eigenvalue weighted by Gasteiger charge is 2.15. The molecular weight excluding hydrogens is 260 g/mol. The Morgan fingerprint density at radius 2 is 1.89 bits per heavy atom. The summed E-state index contributed by atoms with van der Waals surface area (Å²) in [5, 5.41) is 10.8. The smallest absolute Gasteiger partial charge is 0.144 e. The van der Waals surface area contributed by atoms with Gasteiger partial charge in [-0.2, -0.15) is 0 Å². The van der Waals surface area contributed by atoms with Crippen LogP contribution in [-0.2, 0) is 7.05 Å². The molecule has 0 fully saturated rings. The summed E-state index contributed by atoms with van der Waals surface area (Å²) in [5.74, 6) is 0.973. The first-order chi connectivity index (χ1) is 9.09. The highest BCUT2D eigenvalue weighted by molar-refractivity contribution is 6.35. The molecule has 2 aromatic carbocycles. The van der Waals surface area contributed by atoms with Gasteiger partial charge in [0.15, 0.2) is 0 Å². The molecule has 4 heteroatoms. The number of para-hydroxylation sites is 2. The molecule has 0 saturated heterocycles. The van der Waals surface area contributed by atoms with Gasteiger partial charge in [-0.1, -0.05) is 29.8 Å². The van der Waals surface area contributed by atoms with Crippen molar-refractivity contribution in [2.45, 2.75) is 6.92 Å². The Balaban J connectivity index is 2.35. The van der Waals surface area contributed by atoms with Crippen molar-refractivity contribution in [3.8, 4) is 17.1 Å². The number of aromatic hydroxyl groups is 1. The van der Waals surface area contributed by atoms with Crippen molar-refractivity contribution in [1.82, 2.24) is 9.55 Å². The van der Waals surface area contributed by atoms with Crippen LogP contribution in [0.15, 0.2) is 36.4 Å². The van der Waals surface area contributed by atoms with Crippen molar-refractivity contribution in [2.75, 3.05) is 0 Å². The number of hydrogen-bond donors (Lipinski definition) is 1. The van der Waals surface area contributed by atoms with Crippen LogP contribution in [0, 0.1) is 6.92 Å². The standard InChI is InChI=1S/C15H13ClN2O/c1-9-5-3-6-10(14(9)19)15-17-12-8-4-7-11(16)13(12)18(15)2/h3-8,19H,1-2H3. The molecule has 0 aliphatic heterocycles. The van der Waals surface area contributed by atoms with Gasteiger partial charge in [0, 0.05) is 7.05 Å². The fourth-order valence-corrected chi connectivity index (χ4v) is 2.60. The molecular formula is C15H13ClN2O. The van der Waals surface area contributed by atoms with Crippen LogP contribution in [0.4, 0.5) is 0 Å². The topological polar surface area (TPSA) is 38.0 Å². The van der Waals surface area contributed by atoms with E-state index in [0.717, 1.165) is 22.2 Å². The third kappa shape index (κ3) is 1.78. The lowest BCUT2D eigenvalue weighted by Gasteiger charge is -2.07. The number of phenols is 1. The van der Waals surface area contributed by atoms with Gasteiger partial charge in [-0.15, -0.1) is 0 Å². The van der Waals surface area contributed by atoms with Gasteiger partial charge in [0.2, 0.25) is 0 Å². The summed E-state index contributed by atoms with van der Waals surface area (Å²) in [4.78, 5) is 4.56. The molecule has 0 aliphatic rings. The monoisotopic (exact) mass is 272 g/mol. The zero-order chi connectivity index (χ0) is 13.6. The second kappa shape index (κ2) is 4.28. The third-order valence-electron chi connectivity index (χ3n) is 3.32. The minimum atomic E-state index is 0.261. The minimum absolute atomic E-state index is 0.261. The summed E-state index contributed by atoms with van der Waals surface area (Å²) in [5.41, 5.74) is 3.25. The average Bonchev–Trinajstić information content (AvgIpc) is 2.72. The minimum Gasteiger partial charge on any atom is -0.507 e. The normalized spacial score (nSPS) is 11.1. The van der Waals surface area contributed by atoms with Crippen molar-refractivity contribution >= 4 is 22.6 Å². The van der Waals surface area contributed by atoms with Gasteiger partial charge in [-0.05, 0) is 30.7 Å². The number of benzene rings is 2. The number of hydrogen-bond acceptors (Lipinski definition) is 2. The third-order valence-corrected chi connectivity index (χ3v) is 3.63. The van der Waals surface area contributed by atoms with Gasteiger partial charge >= 0.3 is 0 Å². The van der Waals surface area contributed by atoms with E-state index in [1.54, 1.807) is 0 Å². The Hall–Kier alpha value is -2.00. The van der Waals surface area contributed by atoms with E-state index in [1.807, 2.05) is 54.9 Å². The van der Waals surface area contributed by atoms with Crippen LogP contribution in [-0.4, -0.2) is 14.7 Å². The predicted octanol–water partition coefficient (Wildman–Crippen LogP) is 3.91. The summed E-state index contributed by atoms with van der Waals surface area (Å²) in [6.45, 7) is 1.87. The van der Waals surface area contributed by atoms with Crippen molar-refractivity contribution < 1.29 is 5.11 Å². The van der Waals surface area contributed by atoms with Crippen LogP contribution in [0.3, 0.4) is 0 Å². The van der Waals surface area contributed by atoms with E-state index in [0.29, 0.717) is 10.8 Å². The maximum atomic E-state index is 10.2. The van der Waals surface area contributed by atoms with Gasteiger partial charge in [-0.25, -0.2) is 4.98 Å². The Kier molecular flexibility index (Phi) is 2.72. The first kappa shape index (κ1) is 12.1. The molecule has 0 spiro atoms. The lowest BCUT2D eigenvalue weighted by Crippen LogP contribution is -1.94. The number of imidazole rings is 1. The molecule has 0 bridgehead atoms. The number of halogens is 1. The van der Waals surface area contributed by atoms with Crippen molar-refractivity contribution in [2.24, 2.45) is 7.05 Å². The summed E-state index contributed by atoms with van der Waals surface area (Å²) in [7, 11) is 1.90. The summed E-state index contributed by atoms with van der Waals surface area (Å²) in [6, 6.07) is 11.3. The Labute approximate surface area is 116 Å². The van der Waals surface area contributed by atoms with Crippen molar-refractivity contribution in [1.29, 1.82) is 0 Å². The number of aryl methyl sites for hydroxylation is 2. The maximum Gasteiger partial charge on any atom is 0.144 e. The Morgan fingerprint density at radius 3 is 2.63 bits per heavy atom. The zero-order valence-electron chi connectivity index (χ0n) is 10.7. The van der Waals surface area contributed by atoms with Gasteiger partial charge in [0.05, 0.1) is 21.6 Å². The molecule has 0 atom stereocenters. The van der Waals surface area contributed by atoms with Crippen LogP contribution in [0.25, 0.3) is 22.4 Å². The van der Waals surface area contributed by atoms with Crippen molar-refractivity contribution in [3.63, 3.8) is 0 Å². The number of phenolic OH excluding ortho intramolecular Hbond substituents is 1. The van der Waals surface area contributed by atoms with Gasteiger partial charge in [0.25, 0.3) is 0 Å². The fraction of sp³-hybridized carbons (Fsp3) is 0.133. The lowest BCUT2D eigenvalue weighted by atomic mass is 10.1. The Bertz CT molecular complexity index is 777. The van der Waals surface area contributed by atoms with Crippen LogP contribution in [0.1, 0.15) is 5.56 Å². The second-order valence-electron chi connectivity index (χ2n) is 4.57. The molecule has 96 valence electrons. The van der Waals surface area contributed by atoms with Crippen LogP contribution >= 0.6 is 11.6 Å². The van der Waals surface area contributed by atoms with E-state index >= 15 is 0 Å². The van der Waals surface area contributed by atoms with Crippen LogP contribution in [0.2, 0.25) is 5.02 Å². The van der Waals surface area contributed by atoms with E-state index in [-0.39, 0.29) is 5.75 Å². The van der Waals surface area contributed by atoms with E-state index in [2.05, 4.69) is 4.98 Å². The highest BCUT2D eigenvalue weighted by Crippen LogP contribution is 2.34. The first-order valence-corrected chi connectivity index (χ1v) is 6.37. The summed E-state index contributed by atoms with van der Waals surface area (Å²) in [6.07, 6.45) is 0. The number of rotatable bonds is 1. The SMILES string of the molecule is Cc1cccc(-c2nc3cccc(Cl)c3n2C)c1O. The quantitative estimate of drug-likeness (QED) is 0.729. The average molecular weight is 273 g/mol. The molecule has 0 aliphatic carbocycles. The molecule has 1 N–H and O–H groups in total. The maximum absolute atomic E-state index is 10.2. The summed E-state index contributed by atoms with van der Waals surface area (Å²) < 4.78 is 1.91. The molecule has 0 saturated carbocycles. The van der Waals surface area contributed by atoms with Gasteiger partial charge < -0.3 is 9.67 Å². The van der Waals surface area contributed by atoms with Crippen LogP contribution in [0.5, 0.6) is 5.75 Å². The molecule has 3 nitrogen and oxygen atoms in total. The van der Waals surface area contributed by atoms with Gasteiger partial charge in [-0.3, -0.25) is 0 Å². The number of fused-ring (bicyclic) bond motifs is 1. The number of aromatic nitrogens is 2. The molecule has 0 unspecified atom stereocenters. The highest BCUT2D eigenvalue weighted by atomic mass is 35.5. The van der Waals surface area contributed by atoms with Crippen molar-refractivity contribution in [3.05, 3.63) is 47.0 Å². The number of nitrogens with zero attached hydrogens (tertiary/aromatic N) is 2. The zero-order valence-corrected chi connectivity index (χ0v) is 11.4. The fourth-order valence-electron chi connectivity index (χ4n) is 2.30. The molecule has 3 rings (SSSR count). The van der Waals surface area contributed by atoms with E-state index < -0.39 is 0 Å².